The number of likely N-dealkylation sites (tertiary alicyclic amines) is 1. The fraction of sp³-hybridized carbons (Fsp3) is 0.348. The fourth-order valence-electron chi connectivity index (χ4n) is 3.78. The van der Waals surface area contributed by atoms with Gasteiger partial charge in [-0.1, -0.05) is 17.3 Å². The van der Waals surface area contributed by atoms with Crippen LogP contribution in [0.5, 0.6) is 17.2 Å². The Balaban J connectivity index is 1.62. The number of ether oxygens (including phenoxy) is 3. The van der Waals surface area contributed by atoms with E-state index in [4.69, 9.17) is 18.7 Å². The molecule has 0 aliphatic carbocycles. The van der Waals surface area contributed by atoms with E-state index >= 15 is 0 Å². The first-order chi connectivity index (χ1) is 15.1. The molecule has 1 aliphatic heterocycles. The molecule has 1 fully saturated rings. The smallest absolute Gasteiger partial charge is 0.254 e. The Labute approximate surface area is 180 Å². The molecule has 0 spiro atoms. The average Bonchev–Trinajstić information content (AvgIpc) is 3.33. The molecule has 1 atom stereocenters. The molecule has 1 aromatic heterocycles. The molecule has 1 amide bonds. The average molecular weight is 423 g/mol. The van der Waals surface area contributed by atoms with Gasteiger partial charge in [0.2, 0.25) is 11.7 Å². The van der Waals surface area contributed by atoms with Crippen LogP contribution in [-0.4, -0.2) is 48.8 Å². The standard InChI is InChI=1S/C23H25N3O5/c1-28-17-8-6-7-15(11-17)21-24-22(31-25-21)20-9-4-5-10-26(20)23(27)16-12-18(29-2)14-19(13-16)30-3/h6-8,11-14,20H,4-5,9-10H2,1-3H3. The van der Waals surface area contributed by atoms with Gasteiger partial charge in [0.15, 0.2) is 0 Å². The number of aromatic nitrogens is 2. The number of rotatable bonds is 6. The third kappa shape index (κ3) is 4.33. The van der Waals surface area contributed by atoms with Crippen molar-refractivity contribution in [2.24, 2.45) is 0 Å². The highest BCUT2D eigenvalue weighted by Crippen LogP contribution is 2.34. The third-order valence-corrected chi connectivity index (χ3v) is 5.42. The number of carbonyl (C=O) groups excluding carboxylic acids is 1. The van der Waals surface area contributed by atoms with Crippen molar-refractivity contribution in [2.75, 3.05) is 27.9 Å². The van der Waals surface area contributed by atoms with Crippen LogP contribution in [0, 0.1) is 0 Å². The van der Waals surface area contributed by atoms with Crippen molar-refractivity contribution in [1.82, 2.24) is 15.0 Å². The zero-order valence-electron chi connectivity index (χ0n) is 17.8. The summed E-state index contributed by atoms with van der Waals surface area (Å²) in [5, 5.41) is 4.14. The number of piperidine rings is 1. The summed E-state index contributed by atoms with van der Waals surface area (Å²) in [6.07, 6.45) is 2.65. The molecule has 8 heteroatoms. The quantitative estimate of drug-likeness (QED) is 0.589. The maximum absolute atomic E-state index is 13.4. The van der Waals surface area contributed by atoms with Crippen molar-refractivity contribution in [2.45, 2.75) is 25.3 Å². The monoisotopic (exact) mass is 423 g/mol. The molecule has 3 aromatic rings. The Morgan fingerprint density at radius 2 is 1.74 bits per heavy atom. The summed E-state index contributed by atoms with van der Waals surface area (Å²) < 4.78 is 21.5. The van der Waals surface area contributed by atoms with E-state index in [9.17, 15) is 4.79 Å². The number of methoxy groups -OCH3 is 3. The molecular weight excluding hydrogens is 398 g/mol. The van der Waals surface area contributed by atoms with Crippen LogP contribution in [0.3, 0.4) is 0 Å². The fourth-order valence-corrected chi connectivity index (χ4v) is 3.78. The van der Waals surface area contributed by atoms with Crippen molar-refractivity contribution >= 4 is 5.91 Å². The molecule has 0 radical (unpaired) electrons. The van der Waals surface area contributed by atoms with Crippen molar-refractivity contribution in [3.8, 4) is 28.6 Å². The molecule has 1 unspecified atom stereocenters. The summed E-state index contributed by atoms with van der Waals surface area (Å²) in [6.45, 7) is 0.611. The van der Waals surface area contributed by atoms with E-state index in [0.29, 0.717) is 41.1 Å². The van der Waals surface area contributed by atoms with Gasteiger partial charge in [-0.25, -0.2) is 0 Å². The molecule has 0 N–H and O–H groups in total. The molecule has 162 valence electrons. The van der Waals surface area contributed by atoms with Gasteiger partial charge < -0.3 is 23.6 Å². The van der Waals surface area contributed by atoms with Gasteiger partial charge in [0.05, 0.1) is 21.3 Å². The first kappa shape index (κ1) is 20.7. The molecule has 2 heterocycles. The van der Waals surface area contributed by atoms with E-state index in [2.05, 4.69) is 10.1 Å². The van der Waals surface area contributed by atoms with Gasteiger partial charge in [-0.3, -0.25) is 4.79 Å². The second kappa shape index (κ2) is 9.07. The zero-order valence-corrected chi connectivity index (χ0v) is 17.8. The first-order valence-electron chi connectivity index (χ1n) is 10.1. The molecule has 31 heavy (non-hydrogen) atoms. The number of carbonyl (C=O) groups is 1. The highest BCUT2D eigenvalue weighted by atomic mass is 16.5. The zero-order chi connectivity index (χ0) is 21.8. The molecule has 0 saturated carbocycles. The van der Waals surface area contributed by atoms with Crippen LogP contribution in [0.25, 0.3) is 11.4 Å². The summed E-state index contributed by atoms with van der Waals surface area (Å²) in [5.74, 6) is 2.62. The van der Waals surface area contributed by atoms with E-state index in [-0.39, 0.29) is 11.9 Å². The molecule has 0 bridgehead atoms. The lowest BCUT2D eigenvalue weighted by Crippen LogP contribution is -2.38. The second-order valence-electron chi connectivity index (χ2n) is 7.30. The summed E-state index contributed by atoms with van der Waals surface area (Å²) in [6, 6.07) is 12.3. The van der Waals surface area contributed by atoms with Crippen molar-refractivity contribution in [3.05, 3.63) is 53.9 Å². The number of nitrogens with zero attached hydrogens (tertiary/aromatic N) is 3. The van der Waals surface area contributed by atoms with Crippen LogP contribution in [0.15, 0.2) is 47.0 Å². The predicted octanol–water partition coefficient (Wildman–Crippen LogP) is 4.13. The highest BCUT2D eigenvalue weighted by molar-refractivity contribution is 5.95. The van der Waals surface area contributed by atoms with Gasteiger partial charge in [0, 0.05) is 23.7 Å². The molecule has 8 nitrogen and oxygen atoms in total. The van der Waals surface area contributed by atoms with Crippen LogP contribution < -0.4 is 14.2 Å². The van der Waals surface area contributed by atoms with E-state index in [1.807, 2.05) is 24.3 Å². The van der Waals surface area contributed by atoms with Gasteiger partial charge in [-0.15, -0.1) is 0 Å². The van der Waals surface area contributed by atoms with Gasteiger partial charge in [-0.05, 0) is 43.5 Å². The Kier molecular flexibility index (Phi) is 6.06. The lowest BCUT2D eigenvalue weighted by molar-refractivity contribution is 0.0560. The van der Waals surface area contributed by atoms with E-state index in [0.717, 1.165) is 24.8 Å². The summed E-state index contributed by atoms with van der Waals surface area (Å²) in [7, 11) is 4.73. The Morgan fingerprint density at radius 3 is 2.45 bits per heavy atom. The van der Waals surface area contributed by atoms with Gasteiger partial charge in [-0.2, -0.15) is 4.98 Å². The minimum atomic E-state index is -0.287. The molecule has 2 aromatic carbocycles. The number of hydrogen-bond donors (Lipinski definition) is 0. The molecule has 4 rings (SSSR count). The topological polar surface area (TPSA) is 86.9 Å². The summed E-state index contributed by atoms with van der Waals surface area (Å²) in [5.41, 5.74) is 1.29. The van der Waals surface area contributed by atoms with E-state index < -0.39 is 0 Å². The Bertz CT molecular complexity index is 1040. The normalized spacial score (nSPS) is 16.1. The van der Waals surface area contributed by atoms with Crippen molar-refractivity contribution in [1.29, 1.82) is 0 Å². The largest absolute Gasteiger partial charge is 0.497 e. The van der Waals surface area contributed by atoms with Crippen LogP contribution in [-0.2, 0) is 0 Å². The van der Waals surface area contributed by atoms with Crippen LogP contribution >= 0.6 is 0 Å². The Morgan fingerprint density at radius 1 is 1.00 bits per heavy atom. The maximum atomic E-state index is 13.4. The van der Waals surface area contributed by atoms with E-state index in [1.165, 1.54) is 0 Å². The number of benzene rings is 2. The first-order valence-corrected chi connectivity index (χ1v) is 10.1. The summed E-state index contributed by atoms with van der Waals surface area (Å²) >= 11 is 0. The minimum absolute atomic E-state index is 0.122. The van der Waals surface area contributed by atoms with Crippen LogP contribution in [0.4, 0.5) is 0 Å². The van der Waals surface area contributed by atoms with Crippen molar-refractivity contribution in [3.63, 3.8) is 0 Å². The van der Waals surface area contributed by atoms with E-state index in [1.54, 1.807) is 44.4 Å². The minimum Gasteiger partial charge on any atom is -0.497 e. The van der Waals surface area contributed by atoms with Gasteiger partial charge in [0.25, 0.3) is 5.91 Å². The molecule has 1 saturated heterocycles. The van der Waals surface area contributed by atoms with Gasteiger partial charge in [0.1, 0.15) is 23.3 Å². The number of amides is 1. The predicted molar refractivity (Wildman–Crippen MR) is 113 cm³/mol. The lowest BCUT2D eigenvalue weighted by atomic mass is 10.0. The van der Waals surface area contributed by atoms with Crippen LogP contribution in [0.2, 0.25) is 0 Å². The van der Waals surface area contributed by atoms with Crippen LogP contribution in [0.1, 0.15) is 41.6 Å². The SMILES string of the molecule is COc1cc(OC)cc(C(=O)N2CCCCC2c2nc(-c3cccc(OC)c3)no2)c1. The molecule has 1 aliphatic rings. The maximum Gasteiger partial charge on any atom is 0.254 e. The third-order valence-electron chi connectivity index (χ3n) is 5.42. The highest BCUT2D eigenvalue weighted by Gasteiger charge is 2.33. The number of hydrogen-bond acceptors (Lipinski definition) is 7. The van der Waals surface area contributed by atoms with Crippen molar-refractivity contribution < 1.29 is 23.5 Å². The van der Waals surface area contributed by atoms with Gasteiger partial charge >= 0.3 is 0 Å². The molecular formula is C23H25N3O5. The lowest BCUT2D eigenvalue weighted by Gasteiger charge is -2.33. The Hall–Kier alpha value is -3.55. The second-order valence-corrected chi connectivity index (χ2v) is 7.30. The summed E-state index contributed by atoms with van der Waals surface area (Å²) in [4.78, 5) is 19.8.